The third-order valence-electron chi connectivity index (χ3n) is 13.0. The highest BCUT2D eigenvalue weighted by atomic mass is 16.5. The van der Waals surface area contributed by atoms with Crippen LogP contribution < -0.4 is 0 Å². The van der Waals surface area contributed by atoms with Crippen molar-refractivity contribution in [1.29, 1.82) is 0 Å². The molecule has 0 amide bonds. The Balaban J connectivity index is 1.45. The highest BCUT2D eigenvalue weighted by Gasteiger charge is 2.66. The number of fused-ring (bicyclic) bond motifs is 5. The lowest BCUT2D eigenvalue weighted by Gasteiger charge is -2.63. The Labute approximate surface area is 208 Å². The zero-order valence-electron chi connectivity index (χ0n) is 23.2. The van der Waals surface area contributed by atoms with Gasteiger partial charge in [0.1, 0.15) is 6.10 Å². The lowest BCUT2D eigenvalue weighted by atomic mass is 9.41. The van der Waals surface area contributed by atoms with E-state index in [1.165, 1.54) is 32.1 Å². The van der Waals surface area contributed by atoms with Gasteiger partial charge < -0.3 is 9.84 Å². The molecule has 1 N–H and O–H groups in total. The van der Waals surface area contributed by atoms with Crippen LogP contribution in [-0.2, 0) is 9.53 Å². The van der Waals surface area contributed by atoms with Crippen molar-refractivity contribution in [1.82, 2.24) is 0 Å². The molecule has 0 radical (unpaired) electrons. The molecule has 3 nitrogen and oxygen atoms in total. The van der Waals surface area contributed by atoms with E-state index < -0.39 is 6.10 Å². The number of Topliss-reactive ketones (excluding diaryl/α,β-unsaturated/α-hetero) is 1. The monoisotopic (exact) mass is 470 g/mol. The van der Waals surface area contributed by atoms with E-state index in [0.717, 1.165) is 25.4 Å². The maximum absolute atomic E-state index is 13.0. The van der Waals surface area contributed by atoms with Gasteiger partial charge in [0.25, 0.3) is 0 Å². The van der Waals surface area contributed by atoms with E-state index in [9.17, 15) is 9.90 Å². The normalized spacial score (nSPS) is 52.6. The second-order valence-corrected chi connectivity index (χ2v) is 14.9. The molecule has 5 aliphatic rings. The fourth-order valence-electron chi connectivity index (χ4n) is 10.1. The highest BCUT2D eigenvalue weighted by Crippen LogP contribution is 2.73. The van der Waals surface area contributed by atoms with Crippen molar-refractivity contribution >= 4 is 5.78 Å². The number of aliphatic hydroxyl groups excluding tert-OH is 1. The maximum Gasteiger partial charge on any atom is 0.162 e. The van der Waals surface area contributed by atoms with E-state index in [1.807, 2.05) is 0 Å². The lowest BCUT2D eigenvalue weighted by Crippen LogP contribution is -2.60. The molecule has 9 atom stereocenters. The summed E-state index contributed by atoms with van der Waals surface area (Å²) in [4.78, 5) is 13.0. The largest absolute Gasteiger partial charge is 0.385 e. The number of carbonyl (C=O) groups excluding carboxylic acids is 1. The smallest absolute Gasteiger partial charge is 0.162 e. The molecule has 0 aromatic heterocycles. The lowest BCUT2D eigenvalue weighted by molar-refractivity contribution is -0.160. The van der Waals surface area contributed by atoms with Gasteiger partial charge >= 0.3 is 0 Å². The van der Waals surface area contributed by atoms with Gasteiger partial charge in [0.2, 0.25) is 0 Å². The average Bonchev–Trinajstić information content (AvgIpc) is 3.04. The number of carbonyl (C=O) groups is 1. The summed E-state index contributed by atoms with van der Waals surface area (Å²) >= 11 is 0. The van der Waals surface area contributed by atoms with Crippen LogP contribution in [0.25, 0.3) is 0 Å². The molecule has 1 heterocycles. The molecule has 9 unspecified atom stereocenters. The highest BCUT2D eigenvalue weighted by molar-refractivity contribution is 5.86. The van der Waals surface area contributed by atoms with E-state index in [4.69, 9.17) is 4.74 Å². The van der Waals surface area contributed by atoms with Crippen LogP contribution >= 0.6 is 0 Å². The molecule has 192 valence electrons. The van der Waals surface area contributed by atoms with Crippen molar-refractivity contribution in [2.75, 3.05) is 6.61 Å². The van der Waals surface area contributed by atoms with Gasteiger partial charge in [0.05, 0.1) is 12.2 Å². The molecule has 3 saturated carbocycles. The number of ether oxygens (including phenoxy) is 1. The van der Waals surface area contributed by atoms with Crippen molar-refractivity contribution in [3.63, 3.8) is 0 Å². The molecular weight excluding hydrogens is 420 g/mol. The first-order valence-electron chi connectivity index (χ1n) is 14.3. The summed E-state index contributed by atoms with van der Waals surface area (Å²) < 4.78 is 6.57. The Morgan fingerprint density at radius 1 is 0.971 bits per heavy atom. The molecule has 34 heavy (non-hydrogen) atoms. The Morgan fingerprint density at radius 3 is 2.29 bits per heavy atom. The first-order chi connectivity index (χ1) is 15.7. The first kappa shape index (κ1) is 25.0. The van der Waals surface area contributed by atoms with Crippen molar-refractivity contribution < 1.29 is 14.6 Å². The number of hydrogen-bond acceptors (Lipinski definition) is 3. The van der Waals surface area contributed by atoms with Gasteiger partial charge in [-0.2, -0.15) is 0 Å². The second-order valence-electron chi connectivity index (χ2n) is 14.9. The predicted octanol–water partition coefficient (Wildman–Crippen LogP) is 6.97. The van der Waals surface area contributed by atoms with Crippen LogP contribution in [0.3, 0.4) is 0 Å². The molecule has 4 fully saturated rings. The summed E-state index contributed by atoms with van der Waals surface area (Å²) in [5, 5.41) is 10.8. The van der Waals surface area contributed by atoms with Crippen LogP contribution in [0.1, 0.15) is 107 Å². The molecule has 1 saturated heterocycles. The quantitative estimate of drug-likeness (QED) is 0.443. The van der Waals surface area contributed by atoms with Crippen LogP contribution in [0.2, 0.25) is 0 Å². The summed E-state index contributed by atoms with van der Waals surface area (Å²) in [7, 11) is 0. The van der Waals surface area contributed by atoms with Gasteiger partial charge in [-0.25, -0.2) is 0 Å². The van der Waals surface area contributed by atoms with Crippen LogP contribution in [-0.4, -0.2) is 29.2 Å². The van der Waals surface area contributed by atoms with Crippen LogP contribution in [0.4, 0.5) is 0 Å². The summed E-state index contributed by atoms with van der Waals surface area (Å²) in [6.07, 6.45) is 10.9. The van der Waals surface area contributed by atoms with Gasteiger partial charge in [-0.1, -0.05) is 60.1 Å². The standard InChI is InChI=1S/C31H50O3/c1-19(2)31(8)16-11-20(18-34-31)21-12-14-30(7)23-9-10-25-27(3,4)26(33)24(32)17-28(25,5)22(23)13-15-29(21,30)6/h13,19-21,23,25-26,33H,9-12,14-18H2,1-8H3. The fourth-order valence-corrected chi connectivity index (χ4v) is 10.1. The van der Waals surface area contributed by atoms with E-state index in [-0.39, 0.29) is 27.6 Å². The van der Waals surface area contributed by atoms with Gasteiger partial charge in [-0.05, 0) is 97.7 Å². The Hall–Kier alpha value is -0.670. The number of aliphatic hydroxyl groups is 1. The van der Waals surface area contributed by atoms with E-state index in [0.29, 0.717) is 35.5 Å². The summed E-state index contributed by atoms with van der Waals surface area (Å²) in [5.74, 6) is 2.97. The van der Waals surface area contributed by atoms with Crippen molar-refractivity contribution in [2.24, 2.45) is 51.2 Å². The SMILES string of the molecule is CC(C)C1(C)CCC(C2CCC3(C)C4CCC5C(C)(CC(=O)C(O)C5(C)C)C4=CCC23C)CO1. The molecule has 0 aromatic carbocycles. The Morgan fingerprint density at radius 2 is 1.68 bits per heavy atom. The molecule has 3 heteroatoms. The number of hydrogen-bond donors (Lipinski definition) is 1. The van der Waals surface area contributed by atoms with E-state index >= 15 is 0 Å². The minimum absolute atomic E-state index is 0.0385. The molecule has 0 spiro atoms. The number of ketones is 1. The maximum atomic E-state index is 13.0. The molecule has 5 rings (SSSR count). The number of allylic oxidation sites excluding steroid dienone is 2. The predicted molar refractivity (Wildman–Crippen MR) is 137 cm³/mol. The van der Waals surface area contributed by atoms with Crippen LogP contribution in [0.15, 0.2) is 11.6 Å². The molecule has 0 aromatic rings. The van der Waals surface area contributed by atoms with E-state index in [2.05, 4.69) is 61.5 Å². The Bertz CT molecular complexity index is 877. The minimum atomic E-state index is -0.814. The van der Waals surface area contributed by atoms with Crippen LogP contribution in [0.5, 0.6) is 0 Å². The first-order valence-corrected chi connectivity index (χ1v) is 14.3. The van der Waals surface area contributed by atoms with Gasteiger partial charge in [-0.15, -0.1) is 0 Å². The van der Waals surface area contributed by atoms with Crippen molar-refractivity contribution in [3.8, 4) is 0 Å². The van der Waals surface area contributed by atoms with Gasteiger partial charge in [0.15, 0.2) is 5.78 Å². The van der Waals surface area contributed by atoms with Crippen molar-refractivity contribution in [2.45, 2.75) is 118 Å². The van der Waals surface area contributed by atoms with Crippen molar-refractivity contribution in [3.05, 3.63) is 11.6 Å². The van der Waals surface area contributed by atoms with Gasteiger partial charge in [0, 0.05) is 11.8 Å². The van der Waals surface area contributed by atoms with Gasteiger partial charge in [-0.3, -0.25) is 4.79 Å². The zero-order valence-corrected chi connectivity index (χ0v) is 23.2. The summed E-state index contributed by atoms with van der Waals surface area (Å²) in [6, 6.07) is 0. The third kappa shape index (κ3) is 3.11. The number of rotatable bonds is 2. The molecule has 4 aliphatic carbocycles. The molecule has 1 aliphatic heterocycles. The van der Waals surface area contributed by atoms with Crippen LogP contribution in [0, 0.1) is 51.2 Å². The minimum Gasteiger partial charge on any atom is -0.385 e. The molecular formula is C31H50O3. The topological polar surface area (TPSA) is 46.5 Å². The Kier molecular flexibility index (Phi) is 5.64. The zero-order chi connectivity index (χ0) is 24.9. The third-order valence-corrected chi connectivity index (χ3v) is 13.0. The summed E-state index contributed by atoms with van der Waals surface area (Å²) in [5.41, 5.74) is 1.76. The molecule has 0 bridgehead atoms. The average molecular weight is 471 g/mol. The second kappa shape index (κ2) is 7.67. The fraction of sp³-hybridized carbons (Fsp3) is 0.903. The van der Waals surface area contributed by atoms with E-state index in [1.54, 1.807) is 5.57 Å². The summed E-state index contributed by atoms with van der Waals surface area (Å²) in [6.45, 7) is 19.7.